The third kappa shape index (κ3) is 4.80. The largest absolute Gasteiger partial charge is 0.482 e. The fourth-order valence-corrected chi connectivity index (χ4v) is 3.20. The van der Waals surface area contributed by atoms with Gasteiger partial charge in [0, 0.05) is 6.04 Å². The number of carboxylic acids is 1. The number of sulfonamides is 1. The molecule has 0 aliphatic rings. The molecule has 0 heterocycles. The summed E-state index contributed by atoms with van der Waals surface area (Å²) in [5.74, 6) is -0.803. The van der Waals surface area contributed by atoms with E-state index < -0.39 is 22.6 Å². The van der Waals surface area contributed by atoms with Crippen LogP contribution in [0.2, 0.25) is 0 Å². The van der Waals surface area contributed by atoms with E-state index in [1.54, 1.807) is 6.92 Å². The number of nitrogens with one attached hydrogen (secondary N) is 1. The molecule has 0 aliphatic heterocycles. The van der Waals surface area contributed by atoms with Crippen molar-refractivity contribution in [1.82, 2.24) is 4.72 Å². The molecular weight excluding hydrogens is 318 g/mol. The van der Waals surface area contributed by atoms with Crippen LogP contribution in [0.25, 0.3) is 0 Å². The average molecular weight is 335 g/mol. The molecule has 2 aromatic rings. The molecule has 1 atom stereocenters. The molecule has 2 aromatic carbocycles. The lowest BCUT2D eigenvalue weighted by Crippen LogP contribution is -2.26. The standard InChI is InChI=1S/C16H17NO5S/c1-12(13-5-3-2-4-6-13)17-23(20,21)15-9-7-14(8-10-15)22-11-16(18)19/h2-10,12,17H,11H2,1H3,(H,18,19). The molecule has 0 amide bonds. The van der Waals surface area contributed by atoms with Crippen molar-refractivity contribution in [3.8, 4) is 5.75 Å². The smallest absolute Gasteiger partial charge is 0.341 e. The molecular formula is C16H17NO5S. The molecule has 1 unspecified atom stereocenters. The fraction of sp³-hybridized carbons (Fsp3) is 0.188. The van der Waals surface area contributed by atoms with Gasteiger partial charge in [0.1, 0.15) is 5.75 Å². The van der Waals surface area contributed by atoms with Crippen LogP contribution in [0.1, 0.15) is 18.5 Å². The Morgan fingerprint density at radius 3 is 2.30 bits per heavy atom. The monoisotopic (exact) mass is 335 g/mol. The van der Waals surface area contributed by atoms with Crippen molar-refractivity contribution in [3.05, 3.63) is 60.2 Å². The van der Waals surface area contributed by atoms with E-state index in [-0.39, 0.29) is 10.9 Å². The summed E-state index contributed by atoms with van der Waals surface area (Å²) in [6.45, 7) is 1.28. The Morgan fingerprint density at radius 1 is 1.13 bits per heavy atom. The van der Waals surface area contributed by atoms with Crippen molar-refractivity contribution in [3.63, 3.8) is 0 Å². The van der Waals surface area contributed by atoms with E-state index >= 15 is 0 Å². The minimum Gasteiger partial charge on any atom is -0.482 e. The molecule has 0 radical (unpaired) electrons. The number of carboxylic acid groups (broad SMARTS) is 1. The van der Waals surface area contributed by atoms with E-state index in [0.29, 0.717) is 5.75 Å². The number of rotatable bonds is 7. The van der Waals surface area contributed by atoms with Crippen LogP contribution in [0.4, 0.5) is 0 Å². The topological polar surface area (TPSA) is 92.7 Å². The van der Waals surface area contributed by atoms with Gasteiger partial charge >= 0.3 is 5.97 Å². The summed E-state index contributed by atoms with van der Waals surface area (Å²) in [6.07, 6.45) is 0. The second kappa shape index (κ2) is 7.26. The second-order valence-corrected chi connectivity index (χ2v) is 6.62. The van der Waals surface area contributed by atoms with Crippen LogP contribution in [0.5, 0.6) is 5.75 Å². The summed E-state index contributed by atoms with van der Waals surface area (Å²) in [7, 11) is -3.68. The Hall–Kier alpha value is -2.38. The van der Waals surface area contributed by atoms with Crippen LogP contribution in [-0.4, -0.2) is 26.1 Å². The van der Waals surface area contributed by atoms with Gasteiger partial charge in [-0.15, -0.1) is 0 Å². The summed E-state index contributed by atoms with van der Waals surface area (Å²) in [5.41, 5.74) is 0.859. The highest BCUT2D eigenvalue weighted by atomic mass is 32.2. The van der Waals surface area contributed by atoms with Gasteiger partial charge in [-0.1, -0.05) is 30.3 Å². The Labute approximate surface area is 134 Å². The molecule has 2 N–H and O–H groups in total. The predicted molar refractivity (Wildman–Crippen MR) is 84.8 cm³/mol. The SMILES string of the molecule is CC(NS(=O)(=O)c1ccc(OCC(=O)O)cc1)c1ccccc1. The van der Waals surface area contributed by atoms with E-state index in [0.717, 1.165) is 5.56 Å². The van der Waals surface area contributed by atoms with Crippen LogP contribution in [0.15, 0.2) is 59.5 Å². The summed E-state index contributed by atoms with van der Waals surface area (Å²) in [5, 5.41) is 8.54. The van der Waals surface area contributed by atoms with E-state index in [1.807, 2.05) is 30.3 Å². The maximum Gasteiger partial charge on any atom is 0.341 e. The van der Waals surface area contributed by atoms with Gasteiger partial charge in [-0.3, -0.25) is 0 Å². The number of ether oxygens (including phenoxy) is 1. The minimum atomic E-state index is -3.68. The zero-order valence-corrected chi connectivity index (χ0v) is 13.3. The van der Waals surface area contributed by atoms with Crippen LogP contribution in [-0.2, 0) is 14.8 Å². The van der Waals surface area contributed by atoms with E-state index in [1.165, 1.54) is 24.3 Å². The molecule has 0 bridgehead atoms. The minimum absolute atomic E-state index is 0.0861. The maximum absolute atomic E-state index is 12.3. The molecule has 0 aromatic heterocycles. The van der Waals surface area contributed by atoms with Crippen molar-refractivity contribution in [2.75, 3.05) is 6.61 Å². The summed E-state index contributed by atoms with van der Waals surface area (Å²) in [4.78, 5) is 10.5. The first-order chi connectivity index (χ1) is 10.9. The number of aliphatic carboxylic acids is 1. The van der Waals surface area contributed by atoms with Gasteiger partial charge in [-0.25, -0.2) is 17.9 Å². The summed E-state index contributed by atoms with van der Waals surface area (Å²) < 4.78 is 32.3. The quantitative estimate of drug-likeness (QED) is 0.809. The van der Waals surface area contributed by atoms with Gasteiger partial charge in [0.05, 0.1) is 4.90 Å². The highest BCUT2D eigenvalue weighted by molar-refractivity contribution is 7.89. The van der Waals surface area contributed by atoms with Crippen molar-refractivity contribution < 1.29 is 23.1 Å². The van der Waals surface area contributed by atoms with Gasteiger partial charge in [0.15, 0.2) is 6.61 Å². The lowest BCUT2D eigenvalue weighted by molar-refractivity contribution is -0.139. The molecule has 0 fully saturated rings. The molecule has 0 spiro atoms. The van der Waals surface area contributed by atoms with Gasteiger partial charge < -0.3 is 9.84 Å². The predicted octanol–water partition coefficient (Wildman–Crippen LogP) is 2.19. The Bertz CT molecular complexity index is 757. The van der Waals surface area contributed by atoms with Crippen molar-refractivity contribution >= 4 is 16.0 Å². The molecule has 0 aliphatic carbocycles. The first-order valence-electron chi connectivity index (χ1n) is 6.90. The zero-order valence-electron chi connectivity index (χ0n) is 12.5. The molecule has 7 heteroatoms. The van der Waals surface area contributed by atoms with Crippen LogP contribution >= 0.6 is 0 Å². The number of hydrogen-bond acceptors (Lipinski definition) is 4. The van der Waals surface area contributed by atoms with Crippen molar-refractivity contribution in [1.29, 1.82) is 0 Å². The molecule has 2 rings (SSSR count). The third-order valence-electron chi connectivity index (χ3n) is 3.13. The first-order valence-corrected chi connectivity index (χ1v) is 8.39. The lowest BCUT2D eigenvalue weighted by Gasteiger charge is -2.15. The lowest BCUT2D eigenvalue weighted by atomic mass is 10.1. The Morgan fingerprint density at radius 2 is 1.74 bits per heavy atom. The van der Waals surface area contributed by atoms with Gasteiger partial charge in [0.25, 0.3) is 0 Å². The maximum atomic E-state index is 12.3. The summed E-state index contributed by atoms with van der Waals surface area (Å²) >= 11 is 0. The van der Waals surface area contributed by atoms with Crippen LogP contribution in [0, 0.1) is 0 Å². The normalized spacial score (nSPS) is 12.6. The number of benzene rings is 2. The van der Waals surface area contributed by atoms with E-state index in [9.17, 15) is 13.2 Å². The average Bonchev–Trinajstić information content (AvgIpc) is 2.53. The molecule has 0 saturated carbocycles. The van der Waals surface area contributed by atoms with Crippen LogP contribution < -0.4 is 9.46 Å². The first kappa shape index (κ1) is 17.0. The van der Waals surface area contributed by atoms with Crippen molar-refractivity contribution in [2.24, 2.45) is 0 Å². The number of carbonyl (C=O) groups is 1. The third-order valence-corrected chi connectivity index (χ3v) is 4.68. The molecule has 0 saturated heterocycles. The van der Waals surface area contributed by atoms with E-state index in [4.69, 9.17) is 9.84 Å². The van der Waals surface area contributed by atoms with Gasteiger partial charge in [0.2, 0.25) is 10.0 Å². The molecule has 23 heavy (non-hydrogen) atoms. The highest BCUT2D eigenvalue weighted by Crippen LogP contribution is 2.19. The Balaban J connectivity index is 2.08. The summed E-state index contributed by atoms with van der Waals surface area (Å²) in [6, 6.07) is 14.4. The van der Waals surface area contributed by atoms with Crippen molar-refractivity contribution in [2.45, 2.75) is 17.9 Å². The van der Waals surface area contributed by atoms with Crippen LogP contribution in [0.3, 0.4) is 0 Å². The molecule has 122 valence electrons. The fourth-order valence-electron chi connectivity index (χ4n) is 1.97. The second-order valence-electron chi connectivity index (χ2n) is 4.91. The van der Waals surface area contributed by atoms with E-state index in [2.05, 4.69) is 4.72 Å². The number of hydrogen-bond donors (Lipinski definition) is 2. The Kier molecular flexibility index (Phi) is 5.36. The zero-order chi connectivity index (χ0) is 16.9. The van der Waals surface area contributed by atoms with Gasteiger partial charge in [-0.05, 0) is 36.8 Å². The highest BCUT2D eigenvalue weighted by Gasteiger charge is 2.18. The molecule has 6 nitrogen and oxygen atoms in total. The van der Waals surface area contributed by atoms with Gasteiger partial charge in [-0.2, -0.15) is 0 Å².